The van der Waals surface area contributed by atoms with Crippen LogP contribution in [0.5, 0.6) is 0 Å². The number of carbonyl (C=O) groups is 2. The Hall–Kier alpha value is -3.85. The first kappa shape index (κ1) is 28.7. The summed E-state index contributed by atoms with van der Waals surface area (Å²) in [5.41, 5.74) is 6.30. The van der Waals surface area contributed by atoms with Crippen molar-refractivity contribution in [3.05, 3.63) is 93.3 Å². The number of aromatic nitrogens is 1. The van der Waals surface area contributed by atoms with Crippen molar-refractivity contribution >= 4 is 17.6 Å². The van der Waals surface area contributed by atoms with Gasteiger partial charge in [0.2, 0.25) is 0 Å². The Morgan fingerprint density at radius 2 is 1.63 bits per heavy atom. The number of halogens is 2. The maximum Gasteiger partial charge on any atom is 0.326 e. The maximum absolute atomic E-state index is 14.2. The van der Waals surface area contributed by atoms with Crippen LogP contribution in [0.25, 0.3) is 5.69 Å². The standard InChI is InChI=1S/C32H35F2N3O4/c33-22-11-14-25(27(34)20-22)29(39)26-15-16-28(38)37(30(26)35)23-12-9-21(10-13-23)6-5-19-36-32(17-3-4-18-32)31(40)41-24-7-1-2-8-24/h9-16,20,24,36H,1-8,17-19,35H2. The first-order valence-corrected chi connectivity index (χ1v) is 14.3. The van der Waals surface area contributed by atoms with Crippen LogP contribution in [0.15, 0.2) is 59.4 Å². The van der Waals surface area contributed by atoms with Crippen LogP contribution in [0, 0.1) is 11.6 Å². The van der Waals surface area contributed by atoms with E-state index in [4.69, 9.17) is 10.5 Å². The van der Waals surface area contributed by atoms with Crippen LogP contribution in [-0.2, 0) is 16.0 Å². The van der Waals surface area contributed by atoms with Gasteiger partial charge in [0.05, 0.1) is 16.8 Å². The first-order chi connectivity index (χ1) is 19.8. The van der Waals surface area contributed by atoms with Gasteiger partial charge in [-0.25, -0.2) is 8.78 Å². The fourth-order valence-corrected chi connectivity index (χ4v) is 5.96. The fraction of sp³-hybridized carbons (Fsp3) is 0.406. The van der Waals surface area contributed by atoms with Crippen molar-refractivity contribution in [3.63, 3.8) is 0 Å². The highest BCUT2D eigenvalue weighted by atomic mass is 19.1. The molecule has 0 radical (unpaired) electrons. The summed E-state index contributed by atoms with van der Waals surface area (Å²) in [6.07, 6.45) is 9.44. The molecule has 1 aromatic heterocycles. The van der Waals surface area contributed by atoms with E-state index < -0.39 is 28.5 Å². The molecule has 7 nitrogen and oxygen atoms in total. The maximum atomic E-state index is 14.2. The van der Waals surface area contributed by atoms with E-state index in [-0.39, 0.29) is 29.0 Å². The molecule has 0 amide bonds. The summed E-state index contributed by atoms with van der Waals surface area (Å²) in [4.78, 5) is 38.6. The van der Waals surface area contributed by atoms with E-state index in [0.717, 1.165) is 81.9 Å². The Bertz CT molecular complexity index is 1470. The number of esters is 1. The minimum atomic E-state index is -1.00. The van der Waals surface area contributed by atoms with Crippen LogP contribution in [0.2, 0.25) is 0 Å². The zero-order valence-electron chi connectivity index (χ0n) is 23.0. The number of rotatable bonds is 10. The Morgan fingerprint density at radius 1 is 0.951 bits per heavy atom. The number of ketones is 1. The van der Waals surface area contributed by atoms with Gasteiger partial charge in [-0.2, -0.15) is 0 Å². The van der Waals surface area contributed by atoms with Gasteiger partial charge in [0.25, 0.3) is 5.56 Å². The number of aryl methyl sites for hydroxylation is 1. The molecule has 2 saturated carbocycles. The van der Waals surface area contributed by atoms with E-state index in [2.05, 4.69) is 5.32 Å². The molecule has 2 aliphatic rings. The second-order valence-corrected chi connectivity index (χ2v) is 11.1. The molecule has 0 aliphatic heterocycles. The van der Waals surface area contributed by atoms with E-state index >= 15 is 0 Å². The molecule has 0 unspecified atom stereocenters. The molecule has 2 fully saturated rings. The minimum Gasteiger partial charge on any atom is -0.461 e. The van der Waals surface area contributed by atoms with Crippen LogP contribution in [0.1, 0.15) is 79.3 Å². The van der Waals surface area contributed by atoms with Crippen LogP contribution in [0.4, 0.5) is 14.6 Å². The molecule has 3 aromatic rings. The number of ether oxygens (including phenoxy) is 1. The number of anilines is 1. The van der Waals surface area contributed by atoms with E-state index in [9.17, 15) is 23.2 Å². The summed E-state index contributed by atoms with van der Waals surface area (Å²) in [6, 6.07) is 12.4. The first-order valence-electron chi connectivity index (χ1n) is 14.3. The van der Waals surface area contributed by atoms with E-state index in [0.29, 0.717) is 18.3 Å². The summed E-state index contributed by atoms with van der Waals surface area (Å²) in [5.74, 6) is -2.78. The lowest BCUT2D eigenvalue weighted by Gasteiger charge is -2.29. The number of benzene rings is 2. The SMILES string of the molecule is Nc1c(C(=O)c2ccc(F)cc2F)ccc(=O)n1-c1ccc(CCCNC2(C(=O)OC3CCCC3)CCCC2)cc1. The Morgan fingerprint density at radius 3 is 2.32 bits per heavy atom. The molecule has 5 rings (SSSR count). The van der Waals surface area contributed by atoms with Gasteiger partial charge in [0.15, 0.2) is 5.78 Å². The number of nitrogens with zero attached hydrogens (tertiary/aromatic N) is 1. The molecule has 41 heavy (non-hydrogen) atoms. The van der Waals surface area contributed by atoms with Crippen LogP contribution < -0.4 is 16.6 Å². The third-order valence-electron chi connectivity index (χ3n) is 8.27. The molecule has 9 heteroatoms. The van der Waals surface area contributed by atoms with E-state index in [1.165, 1.54) is 16.7 Å². The van der Waals surface area contributed by atoms with Crippen LogP contribution in [0.3, 0.4) is 0 Å². The molecule has 3 N–H and O–H groups in total. The molecule has 2 aromatic carbocycles. The average molecular weight is 564 g/mol. The summed E-state index contributed by atoms with van der Waals surface area (Å²) in [6.45, 7) is 0.679. The molecule has 0 bridgehead atoms. The van der Waals surface area contributed by atoms with Crippen molar-refractivity contribution in [2.45, 2.75) is 75.9 Å². The third kappa shape index (κ3) is 6.25. The number of hydrogen-bond acceptors (Lipinski definition) is 6. The highest BCUT2D eigenvalue weighted by molar-refractivity contribution is 6.11. The predicted octanol–water partition coefficient (Wildman–Crippen LogP) is 5.25. The molecule has 0 saturated heterocycles. The fourth-order valence-electron chi connectivity index (χ4n) is 5.96. The average Bonchev–Trinajstić information content (AvgIpc) is 3.65. The van der Waals surface area contributed by atoms with Crippen molar-refractivity contribution in [1.82, 2.24) is 9.88 Å². The van der Waals surface area contributed by atoms with Gasteiger partial charge >= 0.3 is 5.97 Å². The highest BCUT2D eigenvalue weighted by Crippen LogP contribution is 2.33. The number of nitrogens with one attached hydrogen (secondary N) is 1. The predicted molar refractivity (Wildman–Crippen MR) is 152 cm³/mol. The normalized spacial score (nSPS) is 16.6. The second-order valence-electron chi connectivity index (χ2n) is 11.1. The Labute approximate surface area is 237 Å². The van der Waals surface area contributed by atoms with E-state index in [1.807, 2.05) is 12.1 Å². The largest absolute Gasteiger partial charge is 0.461 e. The minimum absolute atomic E-state index is 0.0578. The van der Waals surface area contributed by atoms with Crippen LogP contribution >= 0.6 is 0 Å². The van der Waals surface area contributed by atoms with Gasteiger partial charge in [0, 0.05) is 12.1 Å². The van der Waals surface area contributed by atoms with Gasteiger partial charge in [-0.1, -0.05) is 25.0 Å². The Balaban J connectivity index is 1.23. The number of carbonyl (C=O) groups excluding carboxylic acids is 2. The van der Waals surface area contributed by atoms with Gasteiger partial charge in [-0.3, -0.25) is 19.0 Å². The van der Waals surface area contributed by atoms with Crippen molar-refractivity contribution < 1.29 is 23.1 Å². The van der Waals surface area contributed by atoms with E-state index in [1.54, 1.807) is 12.1 Å². The van der Waals surface area contributed by atoms with Crippen molar-refractivity contribution in [3.8, 4) is 5.69 Å². The molecule has 0 atom stereocenters. The quantitative estimate of drug-likeness (QED) is 0.198. The van der Waals surface area contributed by atoms with Crippen molar-refractivity contribution in [2.24, 2.45) is 0 Å². The van der Waals surface area contributed by atoms with Crippen molar-refractivity contribution in [2.75, 3.05) is 12.3 Å². The molecule has 1 heterocycles. The van der Waals surface area contributed by atoms with Crippen LogP contribution in [-0.4, -0.2) is 34.5 Å². The van der Waals surface area contributed by atoms with Gasteiger partial charge in [-0.05, 0) is 93.8 Å². The number of nitrogens with two attached hydrogens (primary N) is 1. The number of hydrogen-bond donors (Lipinski definition) is 2. The Kier molecular flexibility index (Phi) is 8.63. The van der Waals surface area contributed by atoms with Gasteiger partial charge < -0.3 is 15.8 Å². The number of nitrogen functional groups attached to an aromatic ring is 1. The summed E-state index contributed by atoms with van der Waals surface area (Å²) < 4.78 is 34.6. The lowest BCUT2D eigenvalue weighted by atomic mass is 9.97. The lowest BCUT2D eigenvalue weighted by Crippen LogP contribution is -2.52. The molecule has 0 spiro atoms. The highest BCUT2D eigenvalue weighted by Gasteiger charge is 2.43. The van der Waals surface area contributed by atoms with Gasteiger partial charge in [0.1, 0.15) is 29.1 Å². The summed E-state index contributed by atoms with van der Waals surface area (Å²) in [5, 5.41) is 3.51. The second kappa shape index (κ2) is 12.3. The monoisotopic (exact) mass is 563 g/mol. The summed E-state index contributed by atoms with van der Waals surface area (Å²) >= 11 is 0. The third-order valence-corrected chi connectivity index (χ3v) is 8.27. The lowest BCUT2D eigenvalue weighted by molar-refractivity contribution is -0.156. The smallest absolute Gasteiger partial charge is 0.326 e. The summed E-state index contributed by atoms with van der Waals surface area (Å²) in [7, 11) is 0. The number of pyridine rings is 1. The zero-order valence-corrected chi connectivity index (χ0v) is 23.0. The molecular weight excluding hydrogens is 528 g/mol. The van der Waals surface area contributed by atoms with Gasteiger partial charge in [-0.15, -0.1) is 0 Å². The topological polar surface area (TPSA) is 103 Å². The molecule has 216 valence electrons. The molecule has 2 aliphatic carbocycles. The molecular formula is C32H35F2N3O4. The zero-order chi connectivity index (χ0) is 29.0. The van der Waals surface area contributed by atoms with Crippen molar-refractivity contribution in [1.29, 1.82) is 0 Å².